The van der Waals surface area contributed by atoms with Crippen molar-refractivity contribution in [2.75, 3.05) is 20.2 Å². The number of imidazole rings is 1. The zero-order valence-corrected chi connectivity index (χ0v) is 14.4. The van der Waals surface area contributed by atoms with Crippen molar-refractivity contribution in [3.05, 3.63) is 48.0 Å². The molecule has 0 unspecified atom stereocenters. The predicted molar refractivity (Wildman–Crippen MR) is 93.1 cm³/mol. The highest BCUT2D eigenvalue weighted by Crippen LogP contribution is 2.26. The molecule has 0 saturated carbocycles. The van der Waals surface area contributed by atoms with E-state index in [2.05, 4.69) is 9.55 Å². The lowest BCUT2D eigenvalue weighted by Gasteiger charge is -2.32. The van der Waals surface area contributed by atoms with Crippen molar-refractivity contribution >= 4 is 5.91 Å². The minimum Gasteiger partial charge on any atom is -0.496 e. The van der Waals surface area contributed by atoms with E-state index in [1.165, 1.54) is 0 Å². The van der Waals surface area contributed by atoms with Crippen molar-refractivity contribution in [1.29, 1.82) is 0 Å². The number of methoxy groups -OCH3 is 1. The Morgan fingerprint density at radius 1 is 1.38 bits per heavy atom. The van der Waals surface area contributed by atoms with Crippen molar-refractivity contribution in [1.82, 2.24) is 14.5 Å². The first kappa shape index (κ1) is 16.6. The number of para-hydroxylation sites is 1. The smallest absolute Gasteiger partial charge is 0.222 e. The van der Waals surface area contributed by atoms with Crippen LogP contribution in [0.1, 0.15) is 36.6 Å². The summed E-state index contributed by atoms with van der Waals surface area (Å²) in [5.74, 6) is 2.50. The van der Waals surface area contributed by atoms with E-state index in [4.69, 9.17) is 4.74 Å². The fourth-order valence-corrected chi connectivity index (χ4v) is 3.49. The molecule has 1 aromatic carbocycles. The van der Waals surface area contributed by atoms with Crippen LogP contribution in [0.15, 0.2) is 36.7 Å². The molecule has 0 bridgehead atoms. The number of benzene rings is 1. The van der Waals surface area contributed by atoms with Crippen LogP contribution in [0.2, 0.25) is 0 Å². The van der Waals surface area contributed by atoms with Crippen LogP contribution >= 0.6 is 0 Å². The number of nitrogens with zero attached hydrogens (tertiary/aromatic N) is 3. The minimum absolute atomic E-state index is 0.222. The van der Waals surface area contributed by atoms with Gasteiger partial charge in [0.1, 0.15) is 11.6 Å². The number of rotatable bonds is 5. The lowest BCUT2D eigenvalue weighted by atomic mass is 9.96. The van der Waals surface area contributed by atoms with E-state index in [1.54, 1.807) is 7.11 Å². The molecule has 1 saturated heterocycles. The number of amides is 1. The summed E-state index contributed by atoms with van der Waals surface area (Å²) in [4.78, 5) is 19.1. The van der Waals surface area contributed by atoms with Crippen LogP contribution in [0.5, 0.6) is 5.75 Å². The molecule has 1 aliphatic rings. The summed E-state index contributed by atoms with van der Waals surface area (Å²) in [5.41, 5.74) is 1.09. The standard InChI is InChI=1S/C19H25N3O2/c1-21-13-11-20-19(21)16-7-5-12-22(14-16)18(23)10-9-15-6-3-4-8-17(15)24-2/h3-4,6,8,11,13,16H,5,7,9-10,12,14H2,1-2H3/t16-/m0/s1. The molecule has 1 fully saturated rings. The number of carbonyl (C=O) groups excluding carboxylic acids is 1. The van der Waals surface area contributed by atoms with E-state index in [0.717, 1.165) is 43.1 Å². The molecule has 5 nitrogen and oxygen atoms in total. The normalized spacial score (nSPS) is 17.8. The molecular weight excluding hydrogens is 302 g/mol. The number of piperidine rings is 1. The molecule has 5 heteroatoms. The van der Waals surface area contributed by atoms with Crippen LogP contribution in [0.3, 0.4) is 0 Å². The molecule has 0 N–H and O–H groups in total. The van der Waals surface area contributed by atoms with Crippen LogP contribution in [0.25, 0.3) is 0 Å². The average molecular weight is 327 g/mol. The summed E-state index contributed by atoms with van der Waals surface area (Å²) >= 11 is 0. The highest BCUT2D eigenvalue weighted by molar-refractivity contribution is 5.76. The van der Waals surface area contributed by atoms with Crippen LogP contribution in [0, 0.1) is 0 Å². The SMILES string of the molecule is COc1ccccc1CCC(=O)N1CCC[C@H](c2nccn2C)C1. The van der Waals surface area contributed by atoms with Crippen LogP contribution in [-0.2, 0) is 18.3 Å². The van der Waals surface area contributed by atoms with Gasteiger partial charge in [0.2, 0.25) is 5.91 Å². The second-order valence-corrected chi connectivity index (χ2v) is 6.39. The third-order valence-corrected chi connectivity index (χ3v) is 4.80. The van der Waals surface area contributed by atoms with Gasteiger partial charge >= 0.3 is 0 Å². The van der Waals surface area contributed by atoms with Gasteiger partial charge in [-0.25, -0.2) is 4.98 Å². The van der Waals surface area contributed by atoms with Gasteiger partial charge in [-0.3, -0.25) is 4.79 Å². The zero-order valence-electron chi connectivity index (χ0n) is 14.4. The van der Waals surface area contributed by atoms with Crippen molar-refractivity contribution in [3.8, 4) is 5.75 Å². The van der Waals surface area contributed by atoms with Crippen molar-refractivity contribution in [2.45, 2.75) is 31.6 Å². The van der Waals surface area contributed by atoms with Gasteiger partial charge in [-0.2, -0.15) is 0 Å². The van der Waals surface area contributed by atoms with Gasteiger partial charge in [-0.05, 0) is 30.9 Å². The van der Waals surface area contributed by atoms with Gasteiger partial charge < -0.3 is 14.2 Å². The van der Waals surface area contributed by atoms with Gasteiger partial charge in [0.25, 0.3) is 0 Å². The average Bonchev–Trinajstić information content (AvgIpc) is 3.06. The topological polar surface area (TPSA) is 47.4 Å². The Bertz CT molecular complexity index is 695. The summed E-state index contributed by atoms with van der Waals surface area (Å²) in [6.45, 7) is 1.63. The fourth-order valence-electron chi connectivity index (χ4n) is 3.49. The van der Waals surface area contributed by atoms with Crippen molar-refractivity contribution < 1.29 is 9.53 Å². The maximum atomic E-state index is 12.6. The Morgan fingerprint density at radius 3 is 2.96 bits per heavy atom. The largest absolute Gasteiger partial charge is 0.496 e. The molecule has 0 spiro atoms. The maximum absolute atomic E-state index is 12.6. The Labute approximate surface area is 143 Å². The lowest BCUT2D eigenvalue weighted by Crippen LogP contribution is -2.39. The monoisotopic (exact) mass is 327 g/mol. The molecule has 0 aliphatic carbocycles. The quantitative estimate of drug-likeness (QED) is 0.848. The van der Waals surface area contributed by atoms with E-state index in [0.29, 0.717) is 18.8 Å². The molecule has 0 radical (unpaired) electrons. The first-order valence-corrected chi connectivity index (χ1v) is 8.56. The molecule has 128 valence electrons. The second kappa shape index (κ2) is 7.51. The predicted octanol–water partition coefficient (Wildman–Crippen LogP) is 2.77. The molecule has 24 heavy (non-hydrogen) atoms. The summed E-state index contributed by atoms with van der Waals surface area (Å²) < 4.78 is 7.43. The molecule has 3 rings (SSSR count). The van der Waals surface area contributed by atoms with Gasteiger partial charge in [0, 0.05) is 44.9 Å². The molecule has 2 aromatic rings. The highest BCUT2D eigenvalue weighted by Gasteiger charge is 2.26. The van der Waals surface area contributed by atoms with Crippen molar-refractivity contribution in [2.24, 2.45) is 7.05 Å². The number of carbonyl (C=O) groups is 1. The Kier molecular flexibility index (Phi) is 5.18. The third kappa shape index (κ3) is 3.61. The highest BCUT2D eigenvalue weighted by atomic mass is 16.5. The molecular formula is C19H25N3O2. The van der Waals surface area contributed by atoms with Gasteiger partial charge in [-0.15, -0.1) is 0 Å². The molecule has 1 amide bonds. The number of aromatic nitrogens is 2. The number of aryl methyl sites for hydroxylation is 2. The van der Waals surface area contributed by atoms with E-state index in [9.17, 15) is 4.79 Å². The Morgan fingerprint density at radius 2 is 2.21 bits per heavy atom. The Hall–Kier alpha value is -2.30. The Balaban J connectivity index is 1.59. The summed E-state index contributed by atoms with van der Waals surface area (Å²) in [5, 5.41) is 0. The van der Waals surface area contributed by atoms with Crippen LogP contribution in [-0.4, -0.2) is 40.6 Å². The van der Waals surface area contributed by atoms with E-state index in [1.807, 2.05) is 48.6 Å². The first-order valence-electron chi connectivity index (χ1n) is 8.56. The summed E-state index contributed by atoms with van der Waals surface area (Å²) in [6.07, 6.45) is 7.18. The fraction of sp³-hybridized carbons (Fsp3) is 0.474. The number of ether oxygens (including phenoxy) is 1. The first-order chi connectivity index (χ1) is 11.7. The van der Waals surface area contributed by atoms with Gasteiger partial charge in [0.05, 0.1) is 7.11 Å². The molecule has 1 aromatic heterocycles. The van der Waals surface area contributed by atoms with E-state index < -0.39 is 0 Å². The molecule has 2 heterocycles. The zero-order chi connectivity index (χ0) is 16.9. The van der Waals surface area contributed by atoms with Gasteiger partial charge in [-0.1, -0.05) is 18.2 Å². The van der Waals surface area contributed by atoms with Crippen LogP contribution in [0.4, 0.5) is 0 Å². The lowest BCUT2D eigenvalue weighted by molar-refractivity contribution is -0.132. The maximum Gasteiger partial charge on any atom is 0.222 e. The number of likely N-dealkylation sites (tertiary alicyclic amines) is 1. The summed E-state index contributed by atoms with van der Waals surface area (Å²) in [6, 6.07) is 7.91. The van der Waals surface area contributed by atoms with E-state index >= 15 is 0 Å². The van der Waals surface area contributed by atoms with Crippen LogP contribution < -0.4 is 4.74 Å². The van der Waals surface area contributed by atoms with Gasteiger partial charge in [0.15, 0.2) is 0 Å². The number of hydrogen-bond donors (Lipinski definition) is 0. The second-order valence-electron chi connectivity index (χ2n) is 6.39. The third-order valence-electron chi connectivity index (χ3n) is 4.80. The minimum atomic E-state index is 0.222. The molecule has 1 aliphatic heterocycles. The van der Waals surface area contributed by atoms with Crippen molar-refractivity contribution in [3.63, 3.8) is 0 Å². The molecule has 1 atom stereocenters. The van der Waals surface area contributed by atoms with E-state index in [-0.39, 0.29) is 5.91 Å². The number of hydrogen-bond acceptors (Lipinski definition) is 3. The summed E-state index contributed by atoms with van der Waals surface area (Å²) in [7, 11) is 3.69.